The number of hydrogen-bond acceptors (Lipinski definition) is 4. The maximum Gasteiger partial charge on any atom is 0.343 e. The minimum atomic E-state index is -2.14. The van der Waals surface area contributed by atoms with Crippen molar-refractivity contribution in [2.24, 2.45) is 11.8 Å². The van der Waals surface area contributed by atoms with Gasteiger partial charge in [0.1, 0.15) is 11.5 Å². The highest BCUT2D eigenvalue weighted by atomic mass is 19.1. The Morgan fingerprint density at radius 2 is 1.63 bits per heavy atom. The van der Waals surface area contributed by atoms with Gasteiger partial charge in [-0.15, -0.1) is 0 Å². The van der Waals surface area contributed by atoms with Crippen LogP contribution in [-0.4, -0.2) is 29.3 Å². The first-order valence-corrected chi connectivity index (χ1v) is 14.3. The van der Waals surface area contributed by atoms with Gasteiger partial charge in [-0.25, -0.2) is 14.0 Å². The monoisotopic (exact) mass is 526 g/mol. The predicted octanol–water partition coefficient (Wildman–Crippen LogP) is 8.20. The van der Waals surface area contributed by atoms with Crippen LogP contribution in [0.15, 0.2) is 48.5 Å². The molecular weight excluding hydrogens is 483 g/mol. The number of benzene rings is 2. The van der Waals surface area contributed by atoms with Gasteiger partial charge in [-0.2, -0.15) is 0 Å². The summed E-state index contributed by atoms with van der Waals surface area (Å²) in [7, 11) is 0. The largest absolute Gasteiger partial charge is 0.494 e. The summed E-state index contributed by atoms with van der Waals surface area (Å²) in [5.74, 6) is -0.934. The molecule has 1 fully saturated rings. The van der Waals surface area contributed by atoms with Gasteiger partial charge in [0.25, 0.3) is 0 Å². The molecule has 1 aliphatic carbocycles. The number of esters is 1. The second-order valence-corrected chi connectivity index (χ2v) is 10.6. The number of carbonyl (C=O) groups excluding carboxylic acids is 1. The lowest BCUT2D eigenvalue weighted by Crippen LogP contribution is -2.44. The molecule has 2 atom stereocenters. The minimum Gasteiger partial charge on any atom is -0.494 e. The number of unbranched alkanes of at least 4 members (excludes halogenated alkanes) is 2. The van der Waals surface area contributed by atoms with E-state index >= 15 is 4.39 Å². The molecule has 0 amide bonds. The van der Waals surface area contributed by atoms with E-state index in [1.807, 2.05) is 19.1 Å². The molecule has 2 aromatic rings. The Bertz CT molecular complexity index is 998. The van der Waals surface area contributed by atoms with E-state index in [9.17, 15) is 14.7 Å². The molecule has 1 saturated carbocycles. The van der Waals surface area contributed by atoms with Crippen LogP contribution in [0.1, 0.15) is 100 Å². The van der Waals surface area contributed by atoms with Crippen molar-refractivity contribution < 1.29 is 28.6 Å². The SMILES string of the molecule is CCCCCOc1ccc(C(=O)Oc2ccc(CCC(CC)C[C@@](F)(C(=O)O)C3CCCCC3)cc2)cc1. The van der Waals surface area contributed by atoms with E-state index in [1.54, 1.807) is 36.4 Å². The van der Waals surface area contributed by atoms with Crippen molar-refractivity contribution in [1.29, 1.82) is 0 Å². The van der Waals surface area contributed by atoms with Crippen LogP contribution >= 0.6 is 0 Å². The first kappa shape index (κ1) is 29.7. The topological polar surface area (TPSA) is 72.8 Å². The Labute approximate surface area is 226 Å². The van der Waals surface area contributed by atoms with Gasteiger partial charge in [0.2, 0.25) is 5.67 Å². The van der Waals surface area contributed by atoms with Gasteiger partial charge in [0, 0.05) is 5.92 Å². The molecule has 0 spiro atoms. The lowest BCUT2D eigenvalue weighted by molar-refractivity contribution is -0.158. The zero-order valence-electron chi connectivity index (χ0n) is 22.9. The molecule has 2 aromatic carbocycles. The number of ether oxygens (including phenoxy) is 2. The fraction of sp³-hybridized carbons (Fsp3) is 0.562. The summed E-state index contributed by atoms with van der Waals surface area (Å²) >= 11 is 0. The van der Waals surface area contributed by atoms with Gasteiger partial charge in [-0.1, -0.05) is 64.5 Å². The van der Waals surface area contributed by atoms with Crippen molar-refractivity contribution in [2.45, 2.75) is 96.6 Å². The molecule has 5 nitrogen and oxygen atoms in total. The summed E-state index contributed by atoms with van der Waals surface area (Å²) < 4.78 is 26.9. The maximum absolute atomic E-state index is 15.7. The van der Waals surface area contributed by atoms with Crippen molar-refractivity contribution in [3.63, 3.8) is 0 Å². The van der Waals surface area contributed by atoms with E-state index in [0.29, 0.717) is 43.6 Å². The first-order chi connectivity index (χ1) is 18.4. The van der Waals surface area contributed by atoms with Crippen LogP contribution in [0.2, 0.25) is 0 Å². The van der Waals surface area contributed by atoms with E-state index in [0.717, 1.165) is 56.3 Å². The highest BCUT2D eigenvalue weighted by molar-refractivity contribution is 5.91. The Hall–Kier alpha value is -2.89. The summed E-state index contributed by atoms with van der Waals surface area (Å²) in [6, 6.07) is 14.3. The second kappa shape index (κ2) is 14.9. The number of aryl methyl sites for hydroxylation is 1. The average Bonchev–Trinajstić information content (AvgIpc) is 2.94. The number of alkyl halides is 1. The number of rotatable bonds is 15. The molecule has 1 aliphatic rings. The van der Waals surface area contributed by atoms with Gasteiger partial charge in [-0.05, 0) is 86.4 Å². The molecule has 38 heavy (non-hydrogen) atoms. The summed E-state index contributed by atoms with van der Waals surface area (Å²) in [6.07, 6.45) is 9.74. The molecule has 0 bridgehead atoms. The fourth-order valence-electron chi connectivity index (χ4n) is 5.35. The van der Waals surface area contributed by atoms with Crippen molar-refractivity contribution >= 4 is 11.9 Å². The lowest BCUT2D eigenvalue weighted by atomic mass is 9.73. The Morgan fingerprint density at radius 3 is 2.24 bits per heavy atom. The molecule has 0 aromatic heterocycles. The van der Waals surface area contributed by atoms with Crippen LogP contribution in [-0.2, 0) is 11.2 Å². The van der Waals surface area contributed by atoms with Crippen LogP contribution in [0.25, 0.3) is 0 Å². The molecule has 0 radical (unpaired) electrons. The van der Waals surface area contributed by atoms with E-state index in [-0.39, 0.29) is 18.3 Å². The quantitative estimate of drug-likeness (QED) is 0.144. The van der Waals surface area contributed by atoms with Crippen LogP contribution < -0.4 is 9.47 Å². The third kappa shape index (κ3) is 8.57. The van der Waals surface area contributed by atoms with E-state index in [2.05, 4.69) is 6.92 Å². The fourth-order valence-corrected chi connectivity index (χ4v) is 5.35. The van der Waals surface area contributed by atoms with E-state index in [4.69, 9.17) is 9.47 Å². The second-order valence-electron chi connectivity index (χ2n) is 10.6. The third-order valence-electron chi connectivity index (χ3n) is 7.85. The smallest absolute Gasteiger partial charge is 0.343 e. The summed E-state index contributed by atoms with van der Waals surface area (Å²) in [5.41, 5.74) is -0.643. The molecule has 6 heteroatoms. The molecule has 208 valence electrons. The number of halogens is 1. The van der Waals surface area contributed by atoms with Gasteiger partial charge in [0.05, 0.1) is 12.2 Å². The van der Waals surface area contributed by atoms with E-state index in [1.165, 1.54) is 0 Å². The summed E-state index contributed by atoms with van der Waals surface area (Å²) in [5, 5.41) is 9.74. The summed E-state index contributed by atoms with van der Waals surface area (Å²) in [6.45, 7) is 4.81. The molecule has 0 aliphatic heterocycles. The van der Waals surface area contributed by atoms with Crippen LogP contribution in [0, 0.1) is 11.8 Å². The van der Waals surface area contributed by atoms with Crippen molar-refractivity contribution in [2.75, 3.05) is 6.61 Å². The molecule has 0 heterocycles. The molecule has 1 unspecified atom stereocenters. The van der Waals surface area contributed by atoms with Crippen molar-refractivity contribution in [3.8, 4) is 11.5 Å². The molecular formula is C32H43FO5. The maximum atomic E-state index is 15.7. The first-order valence-electron chi connectivity index (χ1n) is 14.3. The van der Waals surface area contributed by atoms with Crippen molar-refractivity contribution in [3.05, 3.63) is 59.7 Å². The van der Waals surface area contributed by atoms with Crippen LogP contribution in [0.5, 0.6) is 11.5 Å². The number of carboxylic acid groups (broad SMARTS) is 1. The van der Waals surface area contributed by atoms with Crippen LogP contribution in [0.4, 0.5) is 4.39 Å². The third-order valence-corrected chi connectivity index (χ3v) is 7.85. The van der Waals surface area contributed by atoms with Gasteiger partial charge < -0.3 is 14.6 Å². The highest BCUT2D eigenvalue weighted by Crippen LogP contribution is 2.41. The number of carbonyl (C=O) groups is 2. The average molecular weight is 527 g/mol. The number of hydrogen-bond donors (Lipinski definition) is 1. The lowest BCUT2D eigenvalue weighted by Gasteiger charge is -2.35. The zero-order valence-corrected chi connectivity index (χ0v) is 22.9. The van der Waals surface area contributed by atoms with Crippen LogP contribution in [0.3, 0.4) is 0 Å². The Kier molecular flexibility index (Phi) is 11.6. The Morgan fingerprint density at radius 1 is 0.974 bits per heavy atom. The standard InChI is InChI=1S/C32H43FO5/c1-3-5-9-22-37-28-20-16-26(17-21-28)30(34)38-29-18-14-25(15-19-29)13-12-24(4-2)23-32(33,31(35)36)27-10-7-6-8-11-27/h14-21,24,27H,3-13,22-23H2,1-2H3,(H,35,36)/t24?,32-/m0/s1. The predicted molar refractivity (Wildman–Crippen MR) is 148 cm³/mol. The molecule has 3 rings (SSSR count). The Balaban J connectivity index is 1.50. The summed E-state index contributed by atoms with van der Waals surface area (Å²) in [4.78, 5) is 24.5. The minimum absolute atomic E-state index is 0.00544. The normalized spacial score (nSPS) is 16.4. The van der Waals surface area contributed by atoms with Gasteiger partial charge in [0.15, 0.2) is 0 Å². The highest BCUT2D eigenvalue weighted by Gasteiger charge is 2.47. The molecule has 0 saturated heterocycles. The van der Waals surface area contributed by atoms with Gasteiger partial charge in [-0.3, -0.25) is 0 Å². The molecule has 1 N–H and O–H groups in total. The number of carboxylic acids is 1. The van der Waals surface area contributed by atoms with Gasteiger partial charge >= 0.3 is 11.9 Å². The number of aliphatic carboxylic acids is 1. The van der Waals surface area contributed by atoms with Crippen molar-refractivity contribution in [1.82, 2.24) is 0 Å². The van der Waals surface area contributed by atoms with E-state index < -0.39 is 17.6 Å². The zero-order chi connectivity index (χ0) is 27.4.